The van der Waals surface area contributed by atoms with Gasteiger partial charge in [-0.15, -0.1) is 0 Å². The van der Waals surface area contributed by atoms with E-state index < -0.39 is 17.5 Å². The number of aryl methyl sites for hydroxylation is 2. The topological polar surface area (TPSA) is 96.3 Å². The third-order valence-corrected chi connectivity index (χ3v) is 4.53. The standard InChI is InChI=1S/C15H23N5O3/c1-6-15(7-2)13(22)20(14(23)17-15)8-11(21)16-12-9(3)18-19(5)10(12)4/h6-8H2,1-5H3,(H,16,21)(H,17,23). The summed E-state index contributed by atoms with van der Waals surface area (Å²) in [4.78, 5) is 37.7. The molecule has 2 heterocycles. The molecule has 2 rings (SSSR count). The first kappa shape index (κ1) is 17.0. The minimum atomic E-state index is -0.891. The Labute approximate surface area is 135 Å². The molecule has 0 bridgehead atoms. The Balaban J connectivity index is 2.12. The highest BCUT2D eigenvalue weighted by molar-refractivity contribution is 6.10. The third-order valence-electron chi connectivity index (χ3n) is 4.53. The van der Waals surface area contributed by atoms with Gasteiger partial charge in [-0.3, -0.25) is 19.2 Å². The summed E-state index contributed by atoms with van der Waals surface area (Å²) in [6.07, 6.45) is 0.986. The van der Waals surface area contributed by atoms with Gasteiger partial charge in [-0.1, -0.05) is 13.8 Å². The molecular formula is C15H23N5O3. The van der Waals surface area contributed by atoms with Crippen molar-refractivity contribution in [2.45, 2.75) is 46.1 Å². The van der Waals surface area contributed by atoms with Gasteiger partial charge in [0.2, 0.25) is 5.91 Å². The smallest absolute Gasteiger partial charge is 0.323 e. The highest BCUT2D eigenvalue weighted by atomic mass is 16.2. The number of nitrogens with zero attached hydrogens (tertiary/aromatic N) is 3. The molecule has 0 aromatic carbocycles. The molecule has 8 heteroatoms. The number of urea groups is 1. The number of carbonyl (C=O) groups excluding carboxylic acids is 3. The van der Waals surface area contributed by atoms with E-state index in [0.717, 1.165) is 10.6 Å². The Hall–Kier alpha value is -2.38. The minimum Gasteiger partial charge on any atom is -0.323 e. The Morgan fingerprint density at radius 1 is 1.26 bits per heavy atom. The van der Waals surface area contributed by atoms with Crippen LogP contribution in [-0.2, 0) is 16.6 Å². The number of aromatic nitrogens is 2. The highest BCUT2D eigenvalue weighted by Crippen LogP contribution is 2.25. The lowest BCUT2D eigenvalue weighted by atomic mass is 9.93. The van der Waals surface area contributed by atoms with Gasteiger partial charge in [0, 0.05) is 7.05 Å². The van der Waals surface area contributed by atoms with E-state index in [1.54, 1.807) is 18.7 Å². The van der Waals surface area contributed by atoms with Gasteiger partial charge in [0.1, 0.15) is 12.1 Å². The highest BCUT2D eigenvalue weighted by Gasteiger charge is 2.49. The van der Waals surface area contributed by atoms with Crippen molar-refractivity contribution in [2.24, 2.45) is 7.05 Å². The molecule has 0 aliphatic carbocycles. The van der Waals surface area contributed by atoms with E-state index >= 15 is 0 Å². The number of imide groups is 1. The lowest BCUT2D eigenvalue weighted by Crippen LogP contribution is -2.46. The van der Waals surface area contributed by atoms with Crippen molar-refractivity contribution in [3.05, 3.63) is 11.4 Å². The van der Waals surface area contributed by atoms with Crippen LogP contribution in [0.3, 0.4) is 0 Å². The quantitative estimate of drug-likeness (QED) is 0.793. The normalized spacial score (nSPS) is 16.7. The molecule has 1 aromatic heterocycles. The van der Waals surface area contributed by atoms with Crippen LogP contribution in [0.4, 0.5) is 10.5 Å². The van der Waals surface area contributed by atoms with E-state index in [-0.39, 0.29) is 12.5 Å². The van der Waals surface area contributed by atoms with Crippen molar-refractivity contribution in [1.82, 2.24) is 20.0 Å². The summed E-state index contributed by atoms with van der Waals surface area (Å²) < 4.78 is 1.66. The van der Waals surface area contributed by atoms with Crippen LogP contribution >= 0.6 is 0 Å². The van der Waals surface area contributed by atoms with Crippen molar-refractivity contribution in [3.63, 3.8) is 0 Å². The van der Waals surface area contributed by atoms with Crippen LogP contribution in [0.25, 0.3) is 0 Å². The number of hydrogen-bond donors (Lipinski definition) is 2. The predicted octanol–water partition coefficient (Wildman–Crippen LogP) is 1.09. The van der Waals surface area contributed by atoms with Gasteiger partial charge in [0.15, 0.2) is 0 Å². The molecule has 4 amide bonds. The summed E-state index contributed by atoms with van der Waals surface area (Å²) >= 11 is 0. The van der Waals surface area contributed by atoms with Crippen LogP contribution in [0.5, 0.6) is 0 Å². The molecule has 1 fully saturated rings. The molecule has 1 aromatic rings. The fourth-order valence-electron chi connectivity index (χ4n) is 2.83. The van der Waals surface area contributed by atoms with Gasteiger partial charge in [-0.2, -0.15) is 5.10 Å². The average molecular weight is 321 g/mol. The lowest BCUT2D eigenvalue weighted by Gasteiger charge is -2.23. The summed E-state index contributed by atoms with van der Waals surface area (Å²) in [5, 5.41) is 9.66. The van der Waals surface area contributed by atoms with Gasteiger partial charge in [0.25, 0.3) is 5.91 Å². The molecule has 126 valence electrons. The van der Waals surface area contributed by atoms with Crippen molar-refractivity contribution in [2.75, 3.05) is 11.9 Å². The van der Waals surface area contributed by atoms with Crippen LogP contribution in [0.2, 0.25) is 0 Å². The zero-order chi connectivity index (χ0) is 17.4. The van der Waals surface area contributed by atoms with E-state index in [9.17, 15) is 14.4 Å². The second-order valence-electron chi connectivity index (χ2n) is 5.83. The molecular weight excluding hydrogens is 298 g/mol. The Bertz CT molecular complexity index is 660. The molecule has 0 spiro atoms. The van der Waals surface area contributed by atoms with Gasteiger partial charge < -0.3 is 10.6 Å². The second-order valence-corrected chi connectivity index (χ2v) is 5.83. The number of hydrogen-bond acceptors (Lipinski definition) is 4. The minimum absolute atomic E-state index is 0.305. The maximum absolute atomic E-state index is 12.5. The molecule has 0 radical (unpaired) electrons. The van der Waals surface area contributed by atoms with Crippen molar-refractivity contribution in [3.8, 4) is 0 Å². The summed E-state index contributed by atoms with van der Waals surface area (Å²) in [5.41, 5.74) is 1.22. The Morgan fingerprint density at radius 3 is 2.30 bits per heavy atom. The predicted molar refractivity (Wildman–Crippen MR) is 84.9 cm³/mol. The third kappa shape index (κ3) is 2.80. The summed E-state index contributed by atoms with van der Waals surface area (Å²) in [6.45, 7) is 7.00. The molecule has 1 aliphatic heterocycles. The number of nitrogens with one attached hydrogen (secondary N) is 2. The fraction of sp³-hybridized carbons (Fsp3) is 0.600. The van der Waals surface area contributed by atoms with Crippen LogP contribution in [0, 0.1) is 13.8 Å². The van der Waals surface area contributed by atoms with E-state index in [1.807, 2.05) is 20.8 Å². The molecule has 23 heavy (non-hydrogen) atoms. The lowest BCUT2D eigenvalue weighted by molar-refractivity contribution is -0.134. The number of anilines is 1. The Morgan fingerprint density at radius 2 is 1.87 bits per heavy atom. The van der Waals surface area contributed by atoms with Gasteiger partial charge in [0.05, 0.1) is 17.1 Å². The molecule has 0 unspecified atom stereocenters. The van der Waals surface area contributed by atoms with Crippen molar-refractivity contribution in [1.29, 1.82) is 0 Å². The largest absolute Gasteiger partial charge is 0.325 e. The Kier molecular flexibility index (Phi) is 4.44. The van der Waals surface area contributed by atoms with E-state index in [0.29, 0.717) is 24.2 Å². The summed E-state index contributed by atoms with van der Waals surface area (Å²) in [5.74, 6) is -0.766. The van der Waals surface area contributed by atoms with E-state index in [4.69, 9.17) is 0 Å². The number of amides is 4. The molecule has 0 saturated carbocycles. The van der Waals surface area contributed by atoms with Crippen molar-refractivity contribution >= 4 is 23.5 Å². The zero-order valence-corrected chi connectivity index (χ0v) is 14.2. The first-order valence-corrected chi connectivity index (χ1v) is 7.70. The summed E-state index contributed by atoms with van der Waals surface area (Å²) in [6, 6.07) is -0.520. The van der Waals surface area contributed by atoms with Gasteiger partial charge in [-0.25, -0.2) is 4.79 Å². The maximum Gasteiger partial charge on any atom is 0.325 e. The van der Waals surface area contributed by atoms with Crippen LogP contribution < -0.4 is 10.6 Å². The SMILES string of the molecule is CCC1(CC)NC(=O)N(CC(=O)Nc2c(C)nn(C)c2C)C1=O. The summed E-state index contributed by atoms with van der Waals surface area (Å²) in [7, 11) is 1.78. The molecule has 2 N–H and O–H groups in total. The monoisotopic (exact) mass is 321 g/mol. The fourth-order valence-corrected chi connectivity index (χ4v) is 2.83. The van der Waals surface area contributed by atoms with E-state index in [1.165, 1.54) is 0 Å². The average Bonchev–Trinajstić information content (AvgIpc) is 2.89. The zero-order valence-electron chi connectivity index (χ0n) is 14.2. The van der Waals surface area contributed by atoms with Gasteiger partial charge >= 0.3 is 6.03 Å². The van der Waals surface area contributed by atoms with Crippen LogP contribution in [0.15, 0.2) is 0 Å². The van der Waals surface area contributed by atoms with E-state index in [2.05, 4.69) is 15.7 Å². The molecule has 8 nitrogen and oxygen atoms in total. The van der Waals surface area contributed by atoms with Crippen LogP contribution in [0.1, 0.15) is 38.1 Å². The maximum atomic E-state index is 12.5. The van der Waals surface area contributed by atoms with Gasteiger partial charge in [-0.05, 0) is 26.7 Å². The van der Waals surface area contributed by atoms with Crippen molar-refractivity contribution < 1.29 is 14.4 Å². The first-order valence-electron chi connectivity index (χ1n) is 7.70. The number of carbonyl (C=O) groups is 3. The molecule has 1 aliphatic rings. The van der Waals surface area contributed by atoms with Crippen LogP contribution in [-0.4, -0.2) is 44.6 Å². The second kappa shape index (κ2) is 6.02. The number of rotatable bonds is 5. The molecule has 0 atom stereocenters. The molecule has 1 saturated heterocycles. The first-order chi connectivity index (χ1) is 10.8.